The molecular formula is C28H29ClO4. The zero-order valence-corrected chi connectivity index (χ0v) is 19.8. The number of esters is 1. The maximum absolute atomic E-state index is 12.1. The summed E-state index contributed by atoms with van der Waals surface area (Å²) >= 11 is 6.46. The molecule has 0 aromatic heterocycles. The lowest BCUT2D eigenvalue weighted by molar-refractivity contribution is -0.156. The Morgan fingerprint density at radius 3 is 2.27 bits per heavy atom. The van der Waals surface area contributed by atoms with Gasteiger partial charge in [0.25, 0.3) is 0 Å². The molecule has 0 fully saturated rings. The zero-order valence-electron chi connectivity index (χ0n) is 19.0. The molecule has 0 amide bonds. The van der Waals surface area contributed by atoms with Gasteiger partial charge in [0.2, 0.25) is 0 Å². The van der Waals surface area contributed by atoms with Crippen LogP contribution >= 0.6 is 11.6 Å². The van der Waals surface area contributed by atoms with E-state index in [0.717, 1.165) is 28.0 Å². The van der Waals surface area contributed by atoms with Gasteiger partial charge in [-0.25, -0.2) is 4.79 Å². The smallest absolute Gasteiger partial charge is 0.335 e. The van der Waals surface area contributed by atoms with Crippen molar-refractivity contribution in [1.82, 2.24) is 0 Å². The van der Waals surface area contributed by atoms with E-state index >= 15 is 0 Å². The summed E-state index contributed by atoms with van der Waals surface area (Å²) in [6.07, 6.45) is 1.89. The summed E-state index contributed by atoms with van der Waals surface area (Å²) in [4.78, 5) is 12.1. The van der Waals surface area contributed by atoms with Gasteiger partial charge < -0.3 is 14.2 Å². The van der Waals surface area contributed by atoms with E-state index in [0.29, 0.717) is 31.3 Å². The van der Waals surface area contributed by atoms with E-state index in [1.54, 1.807) is 6.92 Å². The summed E-state index contributed by atoms with van der Waals surface area (Å²) in [5.41, 5.74) is 4.04. The van der Waals surface area contributed by atoms with Gasteiger partial charge >= 0.3 is 5.97 Å². The van der Waals surface area contributed by atoms with Gasteiger partial charge in [0.15, 0.2) is 6.10 Å². The van der Waals surface area contributed by atoms with E-state index in [2.05, 4.69) is 12.1 Å². The van der Waals surface area contributed by atoms with Crippen LogP contribution in [-0.2, 0) is 20.7 Å². The molecule has 0 saturated heterocycles. The Kier molecular flexibility index (Phi) is 9.55. The molecule has 0 saturated carbocycles. The predicted octanol–water partition coefficient (Wildman–Crippen LogP) is 6.36. The Labute approximate surface area is 200 Å². The number of carbonyl (C=O) groups is 1. The van der Waals surface area contributed by atoms with Gasteiger partial charge in [0.05, 0.1) is 6.61 Å². The number of carbonyl (C=O) groups excluding carboxylic acids is 1. The zero-order chi connectivity index (χ0) is 23.5. The molecule has 3 rings (SSSR count). The van der Waals surface area contributed by atoms with Crippen molar-refractivity contribution in [2.24, 2.45) is 0 Å². The second kappa shape index (κ2) is 12.8. The van der Waals surface area contributed by atoms with Crippen molar-refractivity contribution in [2.75, 3.05) is 19.8 Å². The minimum atomic E-state index is -0.603. The molecule has 0 N–H and O–H groups in total. The first kappa shape index (κ1) is 24.6. The number of halogens is 1. The van der Waals surface area contributed by atoms with E-state index in [9.17, 15) is 4.79 Å². The monoisotopic (exact) mass is 464 g/mol. The van der Waals surface area contributed by atoms with E-state index < -0.39 is 6.10 Å². The van der Waals surface area contributed by atoms with Crippen molar-refractivity contribution in [3.05, 3.63) is 107 Å². The molecular weight excluding hydrogens is 436 g/mol. The first-order valence-electron chi connectivity index (χ1n) is 11.1. The van der Waals surface area contributed by atoms with Gasteiger partial charge in [-0.2, -0.15) is 0 Å². The third-order valence-electron chi connectivity index (χ3n) is 5.05. The van der Waals surface area contributed by atoms with Crippen LogP contribution in [0.15, 0.2) is 84.9 Å². The van der Waals surface area contributed by atoms with Crippen LogP contribution < -0.4 is 4.74 Å². The average molecular weight is 465 g/mol. The standard InChI is InChI=1S/C28H29ClO4/c1-3-31-27(28(30)32-4-2)20-21-14-16-23(17-15-21)33-19-18-24(22-10-6-5-7-11-22)25-12-8-9-13-26(25)29/h5-18,27H,3-4,19-20H2,1-2H3/b24-18+. The van der Waals surface area contributed by atoms with Crippen LogP contribution in [0, 0.1) is 0 Å². The van der Waals surface area contributed by atoms with Crippen LogP contribution in [0.4, 0.5) is 0 Å². The van der Waals surface area contributed by atoms with Crippen molar-refractivity contribution >= 4 is 23.1 Å². The Balaban J connectivity index is 1.69. The Morgan fingerprint density at radius 2 is 1.61 bits per heavy atom. The molecule has 0 heterocycles. The van der Waals surface area contributed by atoms with Crippen LogP contribution in [0.25, 0.3) is 5.57 Å². The fraction of sp³-hybridized carbons (Fsp3) is 0.250. The average Bonchev–Trinajstić information content (AvgIpc) is 2.84. The van der Waals surface area contributed by atoms with E-state index in [-0.39, 0.29) is 5.97 Å². The first-order chi connectivity index (χ1) is 16.1. The number of rotatable bonds is 11. The highest BCUT2D eigenvalue weighted by atomic mass is 35.5. The highest BCUT2D eigenvalue weighted by Crippen LogP contribution is 2.29. The van der Waals surface area contributed by atoms with E-state index in [1.165, 1.54) is 0 Å². The van der Waals surface area contributed by atoms with Crippen LogP contribution in [0.3, 0.4) is 0 Å². The van der Waals surface area contributed by atoms with E-state index in [4.69, 9.17) is 25.8 Å². The first-order valence-corrected chi connectivity index (χ1v) is 11.5. The van der Waals surface area contributed by atoms with Crippen molar-refractivity contribution in [3.8, 4) is 5.75 Å². The molecule has 0 spiro atoms. The van der Waals surface area contributed by atoms with Crippen molar-refractivity contribution < 1.29 is 19.0 Å². The molecule has 0 bridgehead atoms. The second-order valence-electron chi connectivity index (χ2n) is 7.32. The number of hydrogen-bond acceptors (Lipinski definition) is 4. The summed E-state index contributed by atoms with van der Waals surface area (Å²) in [6, 6.07) is 25.6. The lowest BCUT2D eigenvalue weighted by atomic mass is 9.97. The molecule has 3 aromatic carbocycles. The molecule has 5 heteroatoms. The van der Waals surface area contributed by atoms with E-state index in [1.807, 2.05) is 79.7 Å². The molecule has 1 unspecified atom stereocenters. The largest absolute Gasteiger partial charge is 0.490 e. The fourth-order valence-electron chi connectivity index (χ4n) is 3.48. The van der Waals surface area contributed by atoms with Crippen LogP contribution in [0.5, 0.6) is 5.75 Å². The van der Waals surface area contributed by atoms with Gasteiger partial charge in [-0.15, -0.1) is 0 Å². The summed E-state index contributed by atoms with van der Waals surface area (Å²) in [7, 11) is 0. The maximum Gasteiger partial charge on any atom is 0.335 e. The molecule has 0 aliphatic heterocycles. The quantitative estimate of drug-likeness (QED) is 0.310. The number of hydrogen-bond donors (Lipinski definition) is 0. The van der Waals surface area contributed by atoms with Gasteiger partial charge in [-0.05, 0) is 54.8 Å². The summed E-state index contributed by atoms with van der Waals surface area (Å²) < 4.78 is 16.6. The molecule has 1 atom stereocenters. The minimum absolute atomic E-state index is 0.335. The van der Waals surface area contributed by atoms with Crippen LogP contribution in [-0.4, -0.2) is 31.9 Å². The second-order valence-corrected chi connectivity index (χ2v) is 7.73. The predicted molar refractivity (Wildman–Crippen MR) is 133 cm³/mol. The molecule has 0 aliphatic carbocycles. The minimum Gasteiger partial charge on any atom is -0.490 e. The van der Waals surface area contributed by atoms with Crippen LogP contribution in [0.2, 0.25) is 5.02 Å². The van der Waals surface area contributed by atoms with Crippen molar-refractivity contribution in [2.45, 2.75) is 26.4 Å². The summed E-state index contributed by atoms with van der Waals surface area (Å²) in [5.74, 6) is 0.406. The lowest BCUT2D eigenvalue weighted by Crippen LogP contribution is -2.28. The topological polar surface area (TPSA) is 44.8 Å². The van der Waals surface area contributed by atoms with Gasteiger partial charge in [-0.1, -0.05) is 72.3 Å². The van der Waals surface area contributed by atoms with Gasteiger partial charge in [0, 0.05) is 23.6 Å². The molecule has 172 valence electrons. The Bertz CT molecular complexity index is 1050. The molecule has 0 aliphatic rings. The number of benzene rings is 3. The highest BCUT2D eigenvalue weighted by molar-refractivity contribution is 6.32. The normalized spacial score (nSPS) is 12.3. The Morgan fingerprint density at radius 1 is 0.909 bits per heavy atom. The Hall–Kier alpha value is -3.08. The van der Waals surface area contributed by atoms with Gasteiger partial charge in [0.1, 0.15) is 12.4 Å². The van der Waals surface area contributed by atoms with Crippen molar-refractivity contribution in [3.63, 3.8) is 0 Å². The highest BCUT2D eigenvalue weighted by Gasteiger charge is 2.20. The summed E-state index contributed by atoms with van der Waals surface area (Å²) in [5, 5.41) is 0.697. The van der Waals surface area contributed by atoms with Crippen molar-refractivity contribution in [1.29, 1.82) is 0 Å². The van der Waals surface area contributed by atoms with Crippen LogP contribution in [0.1, 0.15) is 30.5 Å². The van der Waals surface area contributed by atoms with Gasteiger partial charge in [-0.3, -0.25) is 0 Å². The third kappa shape index (κ3) is 7.21. The fourth-order valence-corrected chi connectivity index (χ4v) is 3.72. The maximum atomic E-state index is 12.1. The lowest BCUT2D eigenvalue weighted by Gasteiger charge is -2.16. The SMILES string of the molecule is CCOC(=O)C(Cc1ccc(OC/C=C(\c2ccccc2)c2ccccc2Cl)cc1)OCC. The molecule has 4 nitrogen and oxygen atoms in total. The number of ether oxygens (including phenoxy) is 3. The summed E-state index contributed by atoms with van der Waals surface area (Å²) in [6.45, 7) is 4.83. The molecule has 3 aromatic rings. The molecule has 33 heavy (non-hydrogen) atoms. The molecule has 0 radical (unpaired) electrons. The third-order valence-corrected chi connectivity index (χ3v) is 5.38.